The minimum atomic E-state index is -0.217. The molecule has 128 valence electrons. The number of nitrogens with one attached hydrogen (secondary N) is 2. The standard InChI is InChI=1S/C16H19ClN4O3/c1-23-7-3-6-18-15(22)11-9-19-16(20-10-11)21-12-4-5-14(24-2)13(17)8-12/h4-5,8-10H,3,6-7H2,1-2H3,(H,18,22)(H,19,20,21). The van der Waals surface area contributed by atoms with E-state index in [1.807, 2.05) is 0 Å². The van der Waals surface area contributed by atoms with E-state index in [-0.39, 0.29) is 5.91 Å². The first kappa shape index (κ1) is 18.0. The Morgan fingerprint density at radius 1 is 1.25 bits per heavy atom. The fourth-order valence-electron chi connectivity index (χ4n) is 1.90. The predicted octanol–water partition coefficient (Wildman–Crippen LogP) is 2.65. The molecule has 1 heterocycles. The Bertz CT molecular complexity index is 680. The number of nitrogens with zero attached hydrogens (tertiary/aromatic N) is 2. The number of halogens is 1. The molecule has 0 aliphatic heterocycles. The monoisotopic (exact) mass is 350 g/mol. The molecule has 0 unspecified atom stereocenters. The van der Waals surface area contributed by atoms with Gasteiger partial charge in [0.25, 0.3) is 5.91 Å². The van der Waals surface area contributed by atoms with Crippen molar-refractivity contribution in [1.82, 2.24) is 15.3 Å². The molecular weight excluding hydrogens is 332 g/mol. The van der Waals surface area contributed by atoms with Gasteiger partial charge in [-0.3, -0.25) is 4.79 Å². The minimum absolute atomic E-state index is 0.217. The molecule has 8 heteroatoms. The SMILES string of the molecule is COCCCNC(=O)c1cnc(Nc2ccc(OC)c(Cl)c2)nc1. The zero-order chi connectivity index (χ0) is 17.4. The van der Waals surface area contributed by atoms with Crippen LogP contribution in [0.3, 0.4) is 0 Å². The van der Waals surface area contributed by atoms with Crippen molar-refractivity contribution in [3.8, 4) is 5.75 Å². The van der Waals surface area contributed by atoms with E-state index in [1.54, 1.807) is 32.4 Å². The van der Waals surface area contributed by atoms with Crippen molar-refractivity contribution >= 4 is 29.1 Å². The number of methoxy groups -OCH3 is 2. The Morgan fingerprint density at radius 2 is 2.00 bits per heavy atom. The van der Waals surface area contributed by atoms with Crippen molar-refractivity contribution < 1.29 is 14.3 Å². The van der Waals surface area contributed by atoms with Crippen molar-refractivity contribution in [3.05, 3.63) is 41.2 Å². The molecular formula is C16H19ClN4O3. The summed E-state index contributed by atoms with van der Waals surface area (Å²) in [7, 11) is 3.17. The third-order valence-electron chi connectivity index (χ3n) is 3.13. The zero-order valence-electron chi connectivity index (χ0n) is 13.5. The van der Waals surface area contributed by atoms with Gasteiger partial charge in [-0.2, -0.15) is 0 Å². The molecule has 0 spiro atoms. The van der Waals surface area contributed by atoms with E-state index in [1.165, 1.54) is 12.4 Å². The van der Waals surface area contributed by atoms with E-state index < -0.39 is 0 Å². The lowest BCUT2D eigenvalue weighted by Crippen LogP contribution is -2.25. The fraction of sp³-hybridized carbons (Fsp3) is 0.312. The van der Waals surface area contributed by atoms with Gasteiger partial charge in [0.1, 0.15) is 5.75 Å². The number of benzene rings is 1. The highest BCUT2D eigenvalue weighted by atomic mass is 35.5. The van der Waals surface area contributed by atoms with Crippen LogP contribution in [-0.2, 0) is 4.74 Å². The molecule has 0 fully saturated rings. The van der Waals surface area contributed by atoms with Crippen molar-refractivity contribution in [2.45, 2.75) is 6.42 Å². The van der Waals surface area contributed by atoms with Crippen LogP contribution in [0.15, 0.2) is 30.6 Å². The summed E-state index contributed by atoms with van der Waals surface area (Å²) in [5, 5.41) is 6.27. The molecule has 1 amide bonds. The van der Waals surface area contributed by atoms with Gasteiger partial charge in [-0.1, -0.05) is 11.6 Å². The van der Waals surface area contributed by atoms with Gasteiger partial charge in [0.15, 0.2) is 0 Å². The van der Waals surface area contributed by atoms with Crippen LogP contribution in [0.2, 0.25) is 5.02 Å². The molecule has 2 rings (SSSR count). The number of hydrogen-bond acceptors (Lipinski definition) is 6. The maximum atomic E-state index is 11.9. The Labute approximate surface area is 145 Å². The molecule has 2 aromatic rings. The average molecular weight is 351 g/mol. The highest BCUT2D eigenvalue weighted by molar-refractivity contribution is 6.32. The first-order chi connectivity index (χ1) is 11.6. The predicted molar refractivity (Wildman–Crippen MR) is 92.1 cm³/mol. The zero-order valence-corrected chi connectivity index (χ0v) is 14.3. The molecule has 2 N–H and O–H groups in total. The van der Waals surface area contributed by atoms with Crippen LogP contribution in [0.4, 0.5) is 11.6 Å². The Hall–Kier alpha value is -2.38. The van der Waals surface area contributed by atoms with Crippen LogP contribution < -0.4 is 15.4 Å². The van der Waals surface area contributed by atoms with Crippen molar-refractivity contribution in [2.75, 3.05) is 32.7 Å². The summed E-state index contributed by atoms with van der Waals surface area (Å²) in [6.45, 7) is 1.14. The van der Waals surface area contributed by atoms with Crippen LogP contribution in [0.25, 0.3) is 0 Å². The van der Waals surface area contributed by atoms with Crippen molar-refractivity contribution in [3.63, 3.8) is 0 Å². The first-order valence-corrected chi connectivity index (χ1v) is 7.71. The molecule has 0 saturated heterocycles. The van der Waals surface area contributed by atoms with Gasteiger partial charge in [0.05, 0.1) is 17.7 Å². The van der Waals surface area contributed by atoms with Gasteiger partial charge in [-0.05, 0) is 24.6 Å². The molecule has 24 heavy (non-hydrogen) atoms. The summed E-state index contributed by atoms with van der Waals surface area (Å²) >= 11 is 6.07. The van der Waals surface area contributed by atoms with Crippen molar-refractivity contribution in [2.24, 2.45) is 0 Å². The second-order valence-electron chi connectivity index (χ2n) is 4.87. The molecule has 1 aromatic heterocycles. The fourth-order valence-corrected chi connectivity index (χ4v) is 2.16. The van der Waals surface area contributed by atoms with Gasteiger partial charge >= 0.3 is 0 Å². The van der Waals surface area contributed by atoms with E-state index in [0.717, 1.165) is 12.1 Å². The summed E-state index contributed by atoms with van der Waals surface area (Å²) in [5.41, 5.74) is 1.11. The number of aromatic nitrogens is 2. The topological polar surface area (TPSA) is 85.4 Å². The number of rotatable bonds is 8. The molecule has 0 atom stereocenters. The Balaban J connectivity index is 1.94. The quantitative estimate of drug-likeness (QED) is 0.712. The first-order valence-electron chi connectivity index (χ1n) is 7.33. The normalized spacial score (nSPS) is 10.3. The van der Waals surface area contributed by atoms with Crippen LogP contribution >= 0.6 is 11.6 Å². The highest BCUT2D eigenvalue weighted by Crippen LogP contribution is 2.28. The number of carbonyl (C=O) groups excluding carboxylic acids is 1. The van der Waals surface area contributed by atoms with Crippen LogP contribution in [-0.4, -0.2) is 43.2 Å². The Kier molecular flexibility index (Phi) is 6.77. The number of anilines is 2. The second kappa shape index (κ2) is 9.05. The van der Waals surface area contributed by atoms with Crippen LogP contribution in [0.1, 0.15) is 16.8 Å². The summed E-state index contributed by atoms with van der Waals surface area (Å²) in [6.07, 6.45) is 3.68. The number of amides is 1. The second-order valence-corrected chi connectivity index (χ2v) is 5.28. The average Bonchev–Trinajstić information content (AvgIpc) is 2.59. The summed E-state index contributed by atoms with van der Waals surface area (Å²) in [4.78, 5) is 20.2. The number of carbonyl (C=O) groups is 1. The lowest BCUT2D eigenvalue weighted by atomic mass is 10.3. The molecule has 0 bridgehead atoms. The third kappa shape index (κ3) is 5.07. The summed E-state index contributed by atoms with van der Waals surface area (Å²) < 4.78 is 10.0. The van der Waals surface area contributed by atoms with Gasteiger partial charge in [0, 0.05) is 38.3 Å². The van der Waals surface area contributed by atoms with Gasteiger partial charge in [0.2, 0.25) is 5.95 Å². The van der Waals surface area contributed by atoms with Gasteiger partial charge < -0.3 is 20.1 Å². The molecule has 1 aromatic carbocycles. The molecule has 0 radical (unpaired) electrons. The smallest absolute Gasteiger partial charge is 0.254 e. The Morgan fingerprint density at radius 3 is 2.62 bits per heavy atom. The molecule has 0 aliphatic carbocycles. The van der Waals surface area contributed by atoms with E-state index in [0.29, 0.717) is 35.4 Å². The molecule has 7 nitrogen and oxygen atoms in total. The van der Waals surface area contributed by atoms with E-state index in [2.05, 4.69) is 20.6 Å². The largest absolute Gasteiger partial charge is 0.495 e. The summed E-state index contributed by atoms with van der Waals surface area (Å²) in [6, 6.07) is 5.25. The van der Waals surface area contributed by atoms with Gasteiger partial charge in [-0.25, -0.2) is 9.97 Å². The van der Waals surface area contributed by atoms with E-state index >= 15 is 0 Å². The lowest BCUT2D eigenvalue weighted by Gasteiger charge is -2.08. The number of ether oxygens (including phenoxy) is 2. The molecule has 0 aliphatic rings. The number of hydrogen-bond donors (Lipinski definition) is 2. The lowest BCUT2D eigenvalue weighted by molar-refractivity contribution is 0.0948. The highest BCUT2D eigenvalue weighted by Gasteiger charge is 2.07. The maximum Gasteiger partial charge on any atom is 0.254 e. The minimum Gasteiger partial charge on any atom is -0.495 e. The summed E-state index contributed by atoms with van der Waals surface area (Å²) in [5.74, 6) is 0.737. The van der Waals surface area contributed by atoms with Gasteiger partial charge in [-0.15, -0.1) is 0 Å². The third-order valence-corrected chi connectivity index (χ3v) is 3.43. The van der Waals surface area contributed by atoms with E-state index in [9.17, 15) is 4.79 Å². The van der Waals surface area contributed by atoms with Crippen LogP contribution in [0, 0.1) is 0 Å². The van der Waals surface area contributed by atoms with Crippen LogP contribution in [0.5, 0.6) is 5.75 Å². The maximum absolute atomic E-state index is 11.9. The van der Waals surface area contributed by atoms with Crippen molar-refractivity contribution in [1.29, 1.82) is 0 Å². The molecule has 0 saturated carbocycles. The van der Waals surface area contributed by atoms with E-state index in [4.69, 9.17) is 21.1 Å².